The minimum Gasteiger partial charge on any atom is -0.489 e. The van der Waals surface area contributed by atoms with E-state index in [1.807, 2.05) is 55.5 Å². The Labute approximate surface area is 167 Å². The van der Waals surface area contributed by atoms with E-state index in [1.165, 1.54) is 6.33 Å². The van der Waals surface area contributed by atoms with Crippen molar-refractivity contribution >= 4 is 23.3 Å². The molecule has 0 bridgehead atoms. The Kier molecular flexibility index (Phi) is 4.88. The topological polar surface area (TPSA) is 69.0 Å². The number of halogens is 1. The number of ether oxygens (including phenoxy) is 1. The van der Waals surface area contributed by atoms with Crippen molar-refractivity contribution in [3.05, 3.63) is 82.3 Å². The number of benzene rings is 2. The third-order valence-electron chi connectivity index (χ3n) is 4.69. The van der Waals surface area contributed by atoms with Crippen LogP contribution in [0, 0.1) is 0 Å². The van der Waals surface area contributed by atoms with Gasteiger partial charge < -0.3 is 10.1 Å². The van der Waals surface area contributed by atoms with E-state index in [0.29, 0.717) is 23.2 Å². The van der Waals surface area contributed by atoms with Crippen molar-refractivity contribution in [1.29, 1.82) is 0 Å². The first-order valence-corrected chi connectivity index (χ1v) is 9.26. The maximum Gasteiger partial charge on any atom is 0.226 e. The van der Waals surface area contributed by atoms with Gasteiger partial charge in [0.05, 0.1) is 0 Å². The van der Waals surface area contributed by atoms with E-state index >= 15 is 0 Å². The molecule has 2 heterocycles. The predicted octanol–water partition coefficient (Wildman–Crippen LogP) is 4.39. The Morgan fingerprint density at radius 1 is 1.18 bits per heavy atom. The van der Waals surface area contributed by atoms with E-state index in [-0.39, 0.29) is 11.8 Å². The zero-order chi connectivity index (χ0) is 19.7. The summed E-state index contributed by atoms with van der Waals surface area (Å²) in [5.41, 5.74) is 3.45. The minimum atomic E-state index is -0.318. The van der Waals surface area contributed by atoms with Crippen LogP contribution in [0.3, 0.4) is 0 Å². The highest BCUT2D eigenvalue weighted by atomic mass is 35.5. The number of rotatable bonds is 5. The molecule has 1 aliphatic rings. The van der Waals surface area contributed by atoms with Gasteiger partial charge in [-0.15, -0.1) is 0 Å². The number of hydrogen-bond acceptors (Lipinski definition) is 5. The van der Waals surface area contributed by atoms with E-state index in [9.17, 15) is 4.79 Å². The van der Waals surface area contributed by atoms with E-state index in [4.69, 9.17) is 16.3 Å². The molecular formula is C21H19ClN4O2. The van der Waals surface area contributed by atoms with Gasteiger partial charge >= 0.3 is 0 Å². The molecule has 0 saturated heterocycles. The van der Waals surface area contributed by atoms with Crippen molar-refractivity contribution < 1.29 is 9.53 Å². The molecule has 2 aromatic carbocycles. The Balaban J connectivity index is 1.57. The summed E-state index contributed by atoms with van der Waals surface area (Å²) in [6.45, 7) is 3.90. The smallest absolute Gasteiger partial charge is 0.226 e. The van der Waals surface area contributed by atoms with E-state index in [1.54, 1.807) is 11.6 Å². The summed E-state index contributed by atoms with van der Waals surface area (Å²) in [6, 6.07) is 14.9. The van der Waals surface area contributed by atoms with Gasteiger partial charge in [-0.2, -0.15) is 10.1 Å². The number of carbonyl (C=O) groups excluding carboxylic acids is 1. The summed E-state index contributed by atoms with van der Waals surface area (Å²) in [5, 5.41) is 8.14. The molecule has 1 aromatic heterocycles. The van der Waals surface area contributed by atoms with Gasteiger partial charge in [0, 0.05) is 16.3 Å². The summed E-state index contributed by atoms with van der Waals surface area (Å²) in [6.07, 6.45) is 1.48. The van der Waals surface area contributed by atoms with Gasteiger partial charge in [-0.3, -0.25) is 4.79 Å². The monoisotopic (exact) mass is 394 g/mol. The number of ketones is 1. The minimum absolute atomic E-state index is 0.000727. The number of fused-ring (bicyclic) bond motifs is 1. The number of Topliss-reactive ketones (excluding diaryl/α,β-unsaturated/α-hetero) is 1. The average molecular weight is 395 g/mol. The number of nitrogens with one attached hydrogen (secondary N) is 1. The molecule has 1 N–H and O–H groups in total. The molecule has 142 valence electrons. The summed E-state index contributed by atoms with van der Waals surface area (Å²) in [7, 11) is 0. The molecule has 0 radical (unpaired) electrons. The van der Waals surface area contributed by atoms with Crippen LogP contribution in [0.2, 0.25) is 5.02 Å². The molecule has 4 rings (SSSR count). The number of carbonyl (C=O) groups is 1. The van der Waals surface area contributed by atoms with Crippen LogP contribution in [0.5, 0.6) is 5.75 Å². The number of allylic oxidation sites excluding steroid dienone is 2. The fourth-order valence-corrected chi connectivity index (χ4v) is 3.47. The van der Waals surface area contributed by atoms with Crippen molar-refractivity contribution in [3.8, 4) is 5.75 Å². The second kappa shape index (κ2) is 7.48. The molecule has 0 amide bonds. The van der Waals surface area contributed by atoms with Crippen LogP contribution in [0.15, 0.2) is 66.1 Å². The lowest BCUT2D eigenvalue weighted by atomic mass is 9.93. The molecule has 1 unspecified atom stereocenters. The van der Waals surface area contributed by atoms with Crippen molar-refractivity contribution in [1.82, 2.24) is 14.8 Å². The molecule has 1 atom stereocenters. The number of hydrogen-bond donors (Lipinski definition) is 1. The number of anilines is 1. The highest BCUT2D eigenvalue weighted by Crippen LogP contribution is 2.35. The summed E-state index contributed by atoms with van der Waals surface area (Å²) >= 11 is 5.91. The van der Waals surface area contributed by atoms with Gasteiger partial charge in [-0.05, 0) is 49.2 Å². The fourth-order valence-electron chi connectivity index (χ4n) is 3.35. The van der Waals surface area contributed by atoms with Crippen LogP contribution in [0.4, 0.5) is 5.95 Å². The Bertz CT molecular complexity index is 1040. The lowest BCUT2D eigenvalue weighted by molar-refractivity contribution is -0.114. The predicted molar refractivity (Wildman–Crippen MR) is 107 cm³/mol. The van der Waals surface area contributed by atoms with E-state index in [0.717, 1.165) is 22.6 Å². The Hall–Kier alpha value is -3.12. The Morgan fingerprint density at radius 3 is 2.57 bits per heavy atom. The number of nitrogens with zero attached hydrogens (tertiary/aromatic N) is 3. The van der Waals surface area contributed by atoms with Crippen LogP contribution in [0.25, 0.3) is 0 Å². The molecule has 0 spiro atoms. The van der Waals surface area contributed by atoms with Crippen LogP contribution in [-0.2, 0) is 11.4 Å². The first-order valence-electron chi connectivity index (χ1n) is 8.88. The Morgan fingerprint density at radius 2 is 1.89 bits per heavy atom. The molecule has 3 aromatic rings. The first-order chi connectivity index (χ1) is 13.5. The normalized spacial score (nSPS) is 15.8. The van der Waals surface area contributed by atoms with Gasteiger partial charge in [0.25, 0.3) is 0 Å². The summed E-state index contributed by atoms with van der Waals surface area (Å²) < 4.78 is 7.58. The van der Waals surface area contributed by atoms with Gasteiger partial charge in [-0.25, -0.2) is 4.68 Å². The van der Waals surface area contributed by atoms with Crippen LogP contribution >= 0.6 is 11.6 Å². The SMILES string of the molecule is CC(=O)C1=C(C)Nc2ncnn2C1c1ccc(OCc2ccc(Cl)cc2)cc1. The van der Waals surface area contributed by atoms with Gasteiger partial charge in [0.2, 0.25) is 5.95 Å². The van der Waals surface area contributed by atoms with Gasteiger partial charge in [0.15, 0.2) is 5.78 Å². The van der Waals surface area contributed by atoms with E-state index < -0.39 is 0 Å². The summed E-state index contributed by atoms with van der Waals surface area (Å²) in [4.78, 5) is 16.5. The van der Waals surface area contributed by atoms with Gasteiger partial charge in [0.1, 0.15) is 24.7 Å². The molecule has 28 heavy (non-hydrogen) atoms. The maximum atomic E-state index is 12.3. The quantitative estimate of drug-likeness (QED) is 0.695. The maximum absolute atomic E-state index is 12.3. The third-order valence-corrected chi connectivity index (χ3v) is 4.94. The lowest BCUT2D eigenvalue weighted by Gasteiger charge is -2.28. The van der Waals surface area contributed by atoms with Crippen LogP contribution in [-0.4, -0.2) is 20.5 Å². The molecule has 1 aliphatic heterocycles. The molecule has 7 heteroatoms. The van der Waals surface area contributed by atoms with Crippen molar-refractivity contribution in [2.24, 2.45) is 0 Å². The molecular weight excluding hydrogens is 376 g/mol. The van der Waals surface area contributed by atoms with Crippen LogP contribution in [0.1, 0.15) is 31.0 Å². The fraction of sp³-hybridized carbons (Fsp3) is 0.190. The van der Waals surface area contributed by atoms with Gasteiger partial charge in [-0.1, -0.05) is 35.9 Å². The number of aromatic nitrogens is 3. The standard InChI is InChI=1S/C21H19ClN4O2/c1-13-19(14(2)27)20(26-21(25-13)23-12-24-26)16-5-9-18(10-6-16)28-11-15-3-7-17(22)8-4-15/h3-10,12,20H,11H2,1-2H3,(H,23,24,25). The zero-order valence-corrected chi connectivity index (χ0v) is 16.3. The highest BCUT2D eigenvalue weighted by Gasteiger charge is 2.31. The molecule has 0 fully saturated rings. The second-order valence-corrected chi connectivity index (χ2v) is 7.07. The van der Waals surface area contributed by atoms with E-state index in [2.05, 4.69) is 15.4 Å². The first kappa shape index (κ1) is 18.3. The van der Waals surface area contributed by atoms with Crippen LogP contribution < -0.4 is 10.1 Å². The highest BCUT2D eigenvalue weighted by molar-refractivity contribution is 6.30. The third kappa shape index (κ3) is 3.51. The van der Waals surface area contributed by atoms with Crippen molar-refractivity contribution in [2.75, 3.05) is 5.32 Å². The average Bonchev–Trinajstić information content (AvgIpc) is 3.14. The molecule has 0 aliphatic carbocycles. The zero-order valence-electron chi connectivity index (χ0n) is 15.5. The van der Waals surface area contributed by atoms with Crippen molar-refractivity contribution in [2.45, 2.75) is 26.5 Å². The second-order valence-electron chi connectivity index (χ2n) is 6.63. The summed E-state index contributed by atoms with van der Waals surface area (Å²) in [5.74, 6) is 1.37. The molecule has 6 nitrogen and oxygen atoms in total. The largest absolute Gasteiger partial charge is 0.489 e. The lowest BCUT2D eigenvalue weighted by Crippen LogP contribution is -2.27. The van der Waals surface area contributed by atoms with Crippen molar-refractivity contribution in [3.63, 3.8) is 0 Å². The molecule has 0 saturated carbocycles.